The van der Waals surface area contributed by atoms with Gasteiger partial charge in [-0.25, -0.2) is 4.39 Å². The number of Topliss-reactive ketones (excluding diaryl/α,β-unsaturated/α-hetero) is 2. The van der Waals surface area contributed by atoms with Gasteiger partial charge in [0.1, 0.15) is 0 Å². The van der Waals surface area contributed by atoms with Crippen molar-refractivity contribution in [1.82, 2.24) is 0 Å². The van der Waals surface area contributed by atoms with Gasteiger partial charge in [-0.2, -0.15) is 0 Å². The van der Waals surface area contributed by atoms with Crippen LogP contribution < -0.4 is 18.9 Å². The molecule has 0 aliphatic heterocycles. The first-order valence-corrected chi connectivity index (χ1v) is 15.3. The molecule has 0 bridgehead atoms. The summed E-state index contributed by atoms with van der Waals surface area (Å²) < 4.78 is 39.1. The molecule has 4 rings (SSSR count). The van der Waals surface area contributed by atoms with E-state index in [0.29, 0.717) is 27.5 Å². The molecule has 2 aromatic carbocycles. The maximum atomic E-state index is 15.5. The predicted octanol–water partition coefficient (Wildman–Crippen LogP) is 6.71. The van der Waals surface area contributed by atoms with E-state index in [2.05, 4.69) is 0 Å². The van der Waals surface area contributed by atoms with Crippen LogP contribution >= 0.6 is 22.7 Å². The van der Waals surface area contributed by atoms with Crippen LogP contribution in [0.1, 0.15) is 52.5 Å². The number of aliphatic carboxylic acids is 2. The van der Waals surface area contributed by atoms with Crippen LogP contribution in [0, 0.1) is 17.7 Å². The molecule has 10 nitrogen and oxygen atoms in total. The van der Waals surface area contributed by atoms with Crippen LogP contribution in [0.3, 0.4) is 0 Å². The molecular formula is C31H31FO10S2. The quantitative estimate of drug-likeness (QED) is 0.0995. The Hall–Kier alpha value is -4.23. The van der Waals surface area contributed by atoms with Gasteiger partial charge in [-0.05, 0) is 23.6 Å². The average Bonchev–Trinajstić information content (AvgIpc) is 3.61. The summed E-state index contributed by atoms with van der Waals surface area (Å²) in [7, 11) is 2.87. The van der Waals surface area contributed by atoms with E-state index < -0.39 is 29.6 Å². The Bertz CT molecular complexity index is 1720. The Balaban J connectivity index is 1.41. The Morgan fingerprint density at radius 3 is 1.89 bits per heavy atom. The number of carboxylic acids is 2. The first-order chi connectivity index (χ1) is 20.9. The van der Waals surface area contributed by atoms with Crippen LogP contribution in [-0.2, 0) is 9.59 Å². The lowest BCUT2D eigenvalue weighted by Crippen LogP contribution is -2.13. The normalized spacial score (nSPS) is 12.6. The molecular weight excluding hydrogens is 615 g/mol. The van der Waals surface area contributed by atoms with Crippen molar-refractivity contribution in [3.63, 3.8) is 0 Å². The summed E-state index contributed by atoms with van der Waals surface area (Å²) in [4.78, 5) is 48.1. The van der Waals surface area contributed by atoms with Crippen molar-refractivity contribution >= 4 is 66.4 Å². The molecule has 0 saturated carbocycles. The van der Waals surface area contributed by atoms with Crippen LogP contribution in [0.25, 0.3) is 20.2 Å². The lowest BCUT2D eigenvalue weighted by molar-refractivity contribution is -0.141. The van der Waals surface area contributed by atoms with Gasteiger partial charge in [-0.3, -0.25) is 19.2 Å². The number of methoxy groups -OCH3 is 2. The summed E-state index contributed by atoms with van der Waals surface area (Å²) in [6, 6.07) is 8.18. The monoisotopic (exact) mass is 646 g/mol. The van der Waals surface area contributed by atoms with Crippen LogP contribution in [0.15, 0.2) is 30.3 Å². The Morgan fingerprint density at radius 2 is 1.30 bits per heavy atom. The number of rotatable bonds is 16. The number of ketones is 2. The molecule has 234 valence electrons. The minimum Gasteiger partial charge on any atom is -0.493 e. The van der Waals surface area contributed by atoms with Crippen LogP contribution in [0.4, 0.5) is 4.39 Å². The van der Waals surface area contributed by atoms with Gasteiger partial charge >= 0.3 is 11.9 Å². The molecule has 2 N–H and O–H groups in total. The fraction of sp³-hybridized carbons (Fsp3) is 0.355. The van der Waals surface area contributed by atoms with Gasteiger partial charge in [-0.15, -0.1) is 22.7 Å². The van der Waals surface area contributed by atoms with Gasteiger partial charge in [0.05, 0.1) is 49.0 Å². The van der Waals surface area contributed by atoms with E-state index in [1.54, 1.807) is 24.3 Å². The molecule has 0 unspecified atom stereocenters. The molecule has 2 atom stereocenters. The number of carbonyl (C=O) groups is 4. The second kappa shape index (κ2) is 14.0. The van der Waals surface area contributed by atoms with Crippen molar-refractivity contribution in [2.45, 2.75) is 33.1 Å². The highest BCUT2D eigenvalue weighted by atomic mass is 32.1. The zero-order valence-corrected chi connectivity index (χ0v) is 26.1. The summed E-state index contributed by atoms with van der Waals surface area (Å²) in [6.07, 6.45) is 0.0715. The van der Waals surface area contributed by atoms with Crippen LogP contribution in [0.2, 0.25) is 0 Å². The second-order valence-electron chi connectivity index (χ2n) is 10.2. The zero-order valence-electron chi connectivity index (χ0n) is 24.4. The smallest absolute Gasteiger partial charge is 0.306 e. The van der Waals surface area contributed by atoms with Crippen molar-refractivity contribution in [2.75, 3.05) is 27.4 Å². The third-order valence-corrected chi connectivity index (χ3v) is 9.14. The third-order valence-electron chi connectivity index (χ3n) is 6.87. The summed E-state index contributed by atoms with van der Waals surface area (Å²) >= 11 is 2.30. The summed E-state index contributed by atoms with van der Waals surface area (Å²) in [5.74, 6) is -4.13. The van der Waals surface area contributed by atoms with Crippen molar-refractivity contribution < 1.29 is 52.7 Å². The molecule has 0 saturated heterocycles. The topological polar surface area (TPSA) is 146 Å². The molecule has 44 heavy (non-hydrogen) atoms. The van der Waals surface area contributed by atoms with Crippen LogP contribution in [-0.4, -0.2) is 61.2 Å². The average molecular weight is 647 g/mol. The fourth-order valence-electron chi connectivity index (χ4n) is 4.33. The van der Waals surface area contributed by atoms with Gasteiger partial charge in [0.2, 0.25) is 0 Å². The highest BCUT2D eigenvalue weighted by molar-refractivity contribution is 7.21. The van der Waals surface area contributed by atoms with Gasteiger partial charge in [0, 0.05) is 46.2 Å². The number of thiophene rings is 2. The minimum atomic E-state index is -1.08. The van der Waals surface area contributed by atoms with E-state index in [1.807, 2.05) is 0 Å². The molecule has 0 spiro atoms. The molecule has 4 aromatic rings. The highest BCUT2D eigenvalue weighted by Gasteiger charge is 2.23. The Morgan fingerprint density at radius 1 is 0.750 bits per heavy atom. The number of carbonyl (C=O) groups excluding carboxylic acids is 2. The van der Waals surface area contributed by atoms with Gasteiger partial charge < -0.3 is 29.2 Å². The molecule has 2 heterocycles. The van der Waals surface area contributed by atoms with E-state index in [4.69, 9.17) is 29.2 Å². The Labute approximate surface area is 259 Å². The van der Waals surface area contributed by atoms with E-state index in [-0.39, 0.29) is 59.4 Å². The number of carboxylic acid groups (broad SMARTS) is 2. The lowest BCUT2D eigenvalue weighted by Gasteiger charge is -2.13. The number of hydrogen-bond donors (Lipinski definition) is 2. The molecule has 2 aromatic heterocycles. The number of fused-ring (bicyclic) bond motifs is 2. The van der Waals surface area contributed by atoms with Crippen molar-refractivity contribution in [3.05, 3.63) is 45.9 Å². The molecule has 0 amide bonds. The van der Waals surface area contributed by atoms with E-state index >= 15 is 4.39 Å². The maximum Gasteiger partial charge on any atom is 0.306 e. The number of benzene rings is 2. The maximum absolute atomic E-state index is 15.5. The lowest BCUT2D eigenvalue weighted by atomic mass is 10.0. The van der Waals surface area contributed by atoms with Crippen LogP contribution in [0.5, 0.6) is 23.0 Å². The summed E-state index contributed by atoms with van der Waals surface area (Å²) in [6.45, 7) is 3.20. The third kappa shape index (κ3) is 7.28. The van der Waals surface area contributed by atoms with E-state index in [9.17, 15) is 19.2 Å². The van der Waals surface area contributed by atoms with E-state index in [0.717, 1.165) is 21.4 Å². The summed E-state index contributed by atoms with van der Waals surface area (Å²) in [5.41, 5.74) is 0. The minimum absolute atomic E-state index is 0.0782. The molecule has 0 aliphatic rings. The number of halogens is 1. The van der Waals surface area contributed by atoms with Crippen molar-refractivity contribution in [3.8, 4) is 23.0 Å². The molecule has 0 radical (unpaired) electrons. The highest BCUT2D eigenvalue weighted by Crippen LogP contribution is 2.41. The first kappa shape index (κ1) is 32.7. The molecule has 13 heteroatoms. The van der Waals surface area contributed by atoms with Crippen molar-refractivity contribution in [1.29, 1.82) is 0 Å². The predicted molar refractivity (Wildman–Crippen MR) is 164 cm³/mol. The van der Waals surface area contributed by atoms with Gasteiger partial charge in [-0.1, -0.05) is 13.8 Å². The number of hydrogen-bond acceptors (Lipinski definition) is 10. The Kier molecular flexibility index (Phi) is 10.4. The second-order valence-corrected chi connectivity index (χ2v) is 12.3. The zero-order chi connectivity index (χ0) is 32.1. The summed E-state index contributed by atoms with van der Waals surface area (Å²) in [5, 5.41) is 19.1. The fourth-order valence-corrected chi connectivity index (χ4v) is 6.38. The molecule has 0 fully saturated rings. The van der Waals surface area contributed by atoms with Gasteiger partial charge in [0.25, 0.3) is 0 Å². The van der Waals surface area contributed by atoms with Gasteiger partial charge in [0.15, 0.2) is 40.4 Å². The van der Waals surface area contributed by atoms with E-state index in [1.165, 1.54) is 45.5 Å². The first-order valence-electron chi connectivity index (χ1n) is 13.6. The standard InChI is InChI=1S/C31H31FO10S2/c1-15(30(35)36)8-19(33)26-11-17-10-21(39-3)22(13-24(17)43-26)41-6-5-7-42-29-23(40-4)14-25-18(28(29)32)12-27(44-25)20(34)9-16(2)31(37)38/h10-16H,5-9H2,1-4H3,(H,35,36)(H,37,38)/t15-,16-/m0/s1. The van der Waals surface area contributed by atoms with Crippen molar-refractivity contribution in [2.24, 2.45) is 11.8 Å². The largest absolute Gasteiger partial charge is 0.493 e. The SMILES string of the molecule is COc1cc2cc(C(=O)C[C@H](C)C(=O)O)sc2cc1OCCCOc1c(OC)cc2sc(C(=O)C[C@H](C)C(=O)O)cc2c1F. The number of ether oxygens (including phenoxy) is 4. The molecule has 0 aliphatic carbocycles.